The Morgan fingerprint density at radius 1 is 1.05 bits per heavy atom. The standard InChI is InChI=1S/C26H24FN5O3S2/c1-35-23-12-11-19(16-21(23)30-37(2,33)34)32-25(24(29-26(32)36)20-9-3-4-13-28-20)22-10-6-14-31(22)18-8-5-7-17(27)15-18/h3-16,24-25,30H,1-2H3,(H,29,36)/t24-,25+/m0/s1. The van der Waals surface area contributed by atoms with Crippen molar-refractivity contribution in [3.8, 4) is 11.4 Å². The fourth-order valence-electron chi connectivity index (χ4n) is 4.55. The van der Waals surface area contributed by atoms with Gasteiger partial charge in [0.25, 0.3) is 0 Å². The Labute approximate surface area is 219 Å². The number of hydrogen-bond donors (Lipinski definition) is 2. The number of anilines is 2. The molecule has 3 heterocycles. The zero-order valence-electron chi connectivity index (χ0n) is 20.0. The summed E-state index contributed by atoms with van der Waals surface area (Å²) < 4.78 is 48.0. The lowest BCUT2D eigenvalue weighted by molar-refractivity contribution is 0.417. The molecule has 0 bridgehead atoms. The zero-order chi connectivity index (χ0) is 26.2. The molecule has 1 saturated heterocycles. The highest BCUT2D eigenvalue weighted by molar-refractivity contribution is 7.92. The molecule has 2 aromatic heterocycles. The van der Waals surface area contributed by atoms with Crippen LogP contribution >= 0.6 is 12.2 Å². The average molecular weight is 538 g/mol. The van der Waals surface area contributed by atoms with Crippen molar-refractivity contribution in [2.45, 2.75) is 12.1 Å². The van der Waals surface area contributed by atoms with Gasteiger partial charge in [-0.2, -0.15) is 0 Å². The number of nitrogens with one attached hydrogen (secondary N) is 2. The number of nitrogens with zero attached hydrogens (tertiary/aromatic N) is 3. The van der Waals surface area contributed by atoms with E-state index in [1.807, 2.05) is 58.1 Å². The number of aromatic nitrogens is 2. The summed E-state index contributed by atoms with van der Waals surface area (Å²) in [6.07, 6.45) is 4.66. The number of hydrogen-bond acceptors (Lipinski definition) is 5. The molecule has 11 heteroatoms. The van der Waals surface area contributed by atoms with E-state index in [4.69, 9.17) is 17.0 Å². The summed E-state index contributed by atoms with van der Waals surface area (Å²) in [6.45, 7) is 0. The second-order valence-electron chi connectivity index (χ2n) is 8.54. The topological polar surface area (TPSA) is 88.5 Å². The van der Waals surface area contributed by atoms with E-state index in [2.05, 4.69) is 15.0 Å². The Balaban J connectivity index is 1.67. The van der Waals surface area contributed by atoms with Gasteiger partial charge in [-0.05, 0) is 72.9 Å². The summed E-state index contributed by atoms with van der Waals surface area (Å²) >= 11 is 5.79. The van der Waals surface area contributed by atoms with Crippen LogP contribution in [0, 0.1) is 5.82 Å². The second-order valence-corrected chi connectivity index (χ2v) is 10.7. The van der Waals surface area contributed by atoms with Crippen LogP contribution in [0.15, 0.2) is 85.2 Å². The molecular weight excluding hydrogens is 513 g/mol. The molecule has 1 aliphatic heterocycles. The maximum atomic E-state index is 14.1. The van der Waals surface area contributed by atoms with Crippen molar-refractivity contribution in [2.24, 2.45) is 0 Å². The summed E-state index contributed by atoms with van der Waals surface area (Å²) in [4.78, 5) is 6.47. The third kappa shape index (κ3) is 5.00. The van der Waals surface area contributed by atoms with Crippen molar-refractivity contribution < 1.29 is 17.5 Å². The summed E-state index contributed by atoms with van der Waals surface area (Å²) in [5.74, 6) is 0.0233. The summed E-state index contributed by atoms with van der Waals surface area (Å²) in [6, 6.07) is 20.3. The van der Waals surface area contributed by atoms with Crippen molar-refractivity contribution in [3.05, 3.63) is 102 Å². The van der Waals surface area contributed by atoms with Gasteiger partial charge in [-0.1, -0.05) is 12.1 Å². The molecular formula is C26H24FN5O3S2. The molecule has 1 aliphatic rings. The van der Waals surface area contributed by atoms with Crippen LogP contribution in [-0.2, 0) is 10.0 Å². The van der Waals surface area contributed by atoms with E-state index in [9.17, 15) is 12.8 Å². The van der Waals surface area contributed by atoms with Crippen molar-refractivity contribution in [1.29, 1.82) is 0 Å². The highest BCUT2D eigenvalue weighted by atomic mass is 32.2. The molecule has 0 unspecified atom stereocenters. The van der Waals surface area contributed by atoms with E-state index in [-0.39, 0.29) is 17.5 Å². The molecule has 37 heavy (non-hydrogen) atoms. The molecule has 190 valence electrons. The molecule has 5 rings (SSSR count). The fraction of sp³-hybridized carbons (Fsp3) is 0.154. The Kier molecular flexibility index (Phi) is 6.57. The molecule has 2 N–H and O–H groups in total. The van der Waals surface area contributed by atoms with Crippen molar-refractivity contribution in [2.75, 3.05) is 23.0 Å². The number of thiocarbonyl (C=S) groups is 1. The lowest BCUT2D eigenvalue weighted by atomic mass is 10.0. The molecule has 1 fully saturated rings. The van der Waals surface area contributed by atoms with Gasteiger partial charge in [0, 0.05) is 29.5 Å². The average Bonchev–Trinajstić information content (AvgIpc) is 3.48. The first-order valence-corrected chi connectivity index (χ1v) is 13.6. The first kappa shape index (κ1) is 24.7. The number of halogens is 1. The van der Waals surface area contributed by atoms with Gasteiger partial charge in [0.2, 0.25) is 10.0 Å². The smallest absolute Gasteiger partial charge is 0.229 e. The molecule has 0 amide bonds. The van der Waals surface area contributed by atoms with E-state index in [0.717, 1.165) is 17.6 Å². The van der Waals surface area contributed by atoms with Gasteiger partial charge in [0.15, 0.2) is 5.11 Å². The first-order chi connectivity index (χ1) is 17.7. The third-order valence-corrected chi connectivity index (χ3v) is 6.93. The van der Waals surface area contributed by atoms with Gasteiger partial charge < -0.3 is 19.5 Å². The van der Waals surface area contributed by atoms with Gasteiger partial charge in [-0.25, -0.2) is 12.8 Å². The van der Waals surface area contributed by atoms with Crippen LogP contribution in [0.3, 0.4) is 0 Å². The number of ether oxygens (including phenoxy) is 1. The minimum absolute atomic E-state index is 0.283. The molecule has 2 aromatic carbocycles. The Bertz CT molecular complexity index is 1560. The van der Waals surface area contributed by atoms with E-state index >= 15 is 0 Å². The van der Waals surface area contributed by atoms with Gasteiger partial charge in [0.05, 0.1) is 30.8 Å². The monoisotopic (exact) mass is 537 g/mol. The van der Waals surface area contributed by atoms with Gasteiger partial charge >= 0.3 is 0 Å². The highest BCUT2D eigenvalue weighted by Crippen LogP contribution is 2.43. The van der Waals surface area contributed by atoms with Gasteiger partial charge in [-0.3, -0.25) is 9.71 Å². The van der Waals surface area contributed by atoms with Crippen LogP contribution in [0.5, 0.6) is 5.75 Å². The van der Waals surface area contributed by atoms with E-state index in [0.29, 0.717) is 22.2 Å². The minimum Gasteiger partial charge on any atom is -0.495 e. The van der Waals surface area contributed by atoms with E-state index < -0.39 is 16.1 Å². The van der Waals surface area contributed by atoms with Gasteiger partial charge in [-0.15, -0.1) is 0 Å². The molecule has 0 aliphatic carbocycles. The van der Waals surface area contributed by atoms with Crippen LogP contribution in [-0.4, -0.2) is 36.4 Å². The molecule has 4 aromatic rings. The van der Waals surface area contributed by atoms with Crippen molar-refractivity contribution >= 4 is 38.7 Å². The predicted octanol–water partition coefficient (Wildman–Crippen LogP) is 4.57. The summed E-state index contributed by atoms with van der Waals surface area (Å²) in [7, 11) is -2.10. The van der Waals surface area contributed by atoms with Crippen LogP contribution in [0.25, 0.3) is 5.69 Å². The van der Waals surface area contributed by atoms with Crippen LogP contribution in [0.4, 0.5) is 15.8 Å². The zero-order valence-corrected chi connectivity index (χ0v) is 21.6. The van der Waals surface area contributed by atoms with Crippen molar-refractivity contribution in [1.82, 2.24) is 14.9 Å². The maximum absolute atomic E-state index is 14.1. The SMILES string of the molecule is COc1ccc(N2C(=S)N[C@@H](c3ccccn3)[C@H]2c2cccn2-c2cccc(F)c2)cc1NS(C)(=O)=O. The van der Waals surface area contributed by atoms with Crippen molar-refractivity contribution in [3.63, 3.8) is 0 Å². The lowest BCUT2D eigenvalue weighted by Gasteiger charge is -2.29. The summed E-state index contributed by atoms with van der Waals surface area (Å²) in [5, 5.41) is 3.81. The normalized spacial score (nSPS) is 17.5. The summed E-state index contributed by atoms with van der Waals surface area (Å²) in [5.41, 5.74) is 3.19. The molecule has 0 spiro atoms. The lowest BCUT2D eigenvalue weighted by Crippen LogP contribution is -2.30. The largest absolute Gasteiger partial charge is 0.495 e. The predicted molar refractivity (Wildman–Crippen MR) is 145 cm³/mol. The highest BCUT2D eigenvalue weighted by Gasteiger charge is 2.42. The van der Waals surface area contributed by atoms with Crippen LogP contribution in [0.1, 0.15) is 23.5 Å². The minimum atomic E-state index is -3.57. The fourth-order valence-corrected chi connectivity index (χ4v) is 5.46. The molecule has 2 atom stereocenters. The number of benzene rings is 2. The molecule has 0 radical (unpaired) electrons. The molecule has 8 nitrogen and oxygen atoms in total. The van der Waals surface area contributed by atoms with Gasteiger partial charge in [0.1, 0.15) is 17.6 Å². The second kappa shape index (κ2) is 9.83. The van der Waals surface area contributed by atoms with E-state index in [1.165, 1.54) is 19.2 Å². The number of rotatable bonds is 7. The van der Waals surface area contributed by atoms with Crippen LogP contribution < -0.4 is 19.7 Å². The Morgan fingerprint density at radius 2 is 1.89 bits per heavy atom. The Hall–Kier alpha value is -3.96. The number of pyridine rings is 1. The maximum Gasteiger partial charge on any atom is 0.229 e. The number of sulfonamides is 1. The number of methoxy groups -OCH3 is 1. The van der Waals surface area contributed by atoms with E-state index in [1.54, 1.807) is 24.4 Å². The quantitative estimate of drug-likeness (QED) is 0.334. The Morgan fingerprint density at radius 3 is 2.59 bits per heavy atom. The molecule has 0 saturated carbocycles. The first-order valence-electron chi connectivity index (χ1n) is 11.3. The third-order valence-electron chi connectivity index (χ3n) is 6.02. The van der Waals surface area contributed by atoms with Crippen LogP contribution in [0.2, 0.25) is 0 Å².